The molecule has 86 valence electrons. The number of nitrogens with one attached hydrogen (secondary N) is 2. The lowest BCUT2D eigenvalue weighted by atomic mass is 10.3. The van der Waals surface area contributed by atoms with Crippen molar-refractivity contribution in [3.63, 3.8) is 0 Å². The Balaban J connectivity index is 2.04. The van der Waals surface area contributed by atoms with Gasteiger partial charge in [-0.25, -0.2) is 4.98 Å². The van der Waals surface area contributed by atoms with Crippen LogP contribution in [0.2, 0.25) is 0 Å². The Morgan fingerprint density at radius 1 is 1.00 bits per heavy atom. The van der Waals surface area contributed by atoms with E-state index in [1.165, 1.54) is 0 Å². The molecule has 0 spiro atoms. The van der Waals surface area contributed by atoms with Crippen molar-refractivity contribution in [2.24, 2.45) is 0 Å². The van der Waals surface area contributed by atoms with Gasteiger partial charge in [-0.2, -0.15) is 5.10 Å². The molecular weight excluding hydrogens is 230 g/mol. The first-order chi connectivity index (χ1) is 8.92. The standard InChI is InChI=1S/C11H7N7/c1-2-4-7-6(3-1)13-11(14-7)10-9-8(5-12-16-9)15-18-17-10/h1-5H,(H,12,16)(H,13,14). The molecule has 0 fully saturated rings. The molecule has 0 saturated carbocycles. The second-order valence-corrected chi connectivity index (χ2v) is 3.87. The molecule has 1 aromatic carbocycles. The van der Waals surface area contributed by atoms with E-state index in [4.69, 9.17) is 0 Å². The molecule has 7 heteroatoms. The Kier molecular flexibility index (Phi) is 1.71. The fourth-order valence-electron chi connectivity index (χ4n) is 1.93. The molecule has 0 amide bonds. The smallest absolute Gasteiger partial charge is 0.161 e. The molecule has 3 heterocycles. The highest BCUT2D eigenvalue weighted by Gasteiger charge is 2.12. The van der Waals surface area contributed by atoms with E-state index in [0.717, 1.165) is 16.6 Å². The van der Waals surface area contributed by atoms with Gasteiger partial charge in [0.25, 0.3) is 0 Å². The van der Waals surface area contributed by atoms with Gasteiger partial charge in [-0.15, -0.1) is 10.2 Å². The molecule has 0 unspecified atom stereocenters. The van der Waals surface area contributed by atoms with Crippen LogP contribution in [-0.2, 0) is 0 Å². The fraction of sp³-hybridized carbons (Fsp3) is 0. The van der Waals surface area contributed by atoms with Gasteiger partial charge in [0.05, 0.1) is 17.2 Å². The van der Waals surface area contributed by atoms with Crippen LogP contribution in [0.5, 0.6) is 0 Å². The predicted octanol–water partition coefficient (Wildman–Crippen LogP) is 1.29. The summed E-state index contributed by atoms with van der Waals surface area (Å²) >= 11 is 0. The summed E-state index contributed by atoms with van der Waals surface area (Å²) in [5.74, 6) is 0.653. The Hall–Kier alpha value is -2.83. The summed E-state index contributed by atoms with van der Waals surface area (Å²) in [5.41, 5.74) is 3.86. The lowest BCUT2D eigenvalue weighted by Gasteiger charge is -1.94. The average molecular weight is 237 g/mol. The summed E-state index contributed by atoms with van der Waals surface area (Å²) in [5, 5.41) is 18.4. The number of hydrogen-bond donors (Lipinski definition) is 2. The highest BCUT2D eigenvalue weighted by molar-refractivity contribution is 5.88. The van der Waals surface area contributed by atoms with E-state index in [1.54, 1.807) is 6.20 Å². The maximum Gasteiger partial charge on any atom is 0.161 e. The third-order valence-electron chi connectivity index (χ3n) is 2.77. The number of aromatic amines is 2. The minimum absolute atomic E-state index is 0.619. The highest BCUT2D eigenvalue weighted by Crippen LogP contribution is 2.22. The molecule has 18 heavy (non-hydrogen) atoms. The van der Waals surface area contributed by atoms with E-state index in [9.17, 15) is 0 Å². The summed E-state index contributed by atoms with van der Waals surface area (Å²) < 4.78 is 0. The average Bonchev–Trinajstić information content (AvgIpc) is 3.04. The molecule has 0 aliphatic heterocycles. The Morgan fingerprint density at radius 3 is 2.89 bits per heavy atom. The van der Waals surface area contributed by atoms with Gasteiger partial charge in [0.1, 0.15) is 11.0 Å². The SMILES string of the molecule is c1ccc2[nH]c(-c3nnnc4cn[nH]c34)nc2c1. The van der Waals surface area contributed by atoms with Crippen molar-refractivity contribution in [1.29, 1.82) is 0 Å². The minimum Gasteiger partial charge on any atom is -0.337 e. The fourth-order valence-corrected chi connectivity index (χ4v) is 1.93. The summed E-state index contributed by atoms with van der Waals surface area (Å²) in [4.78, 5) is 7.68. The number of hydrogen-bond acceptors (Lipinski definition) is 5. The summed E-state index contributed by atoms with van der Waals surface area (Å²) in [6.45, 7) is 0. The number of aromatic nitrogens is 7. The van der Waals surface area contributed by atoms with Crippen molar-refractivity contribution in [1.82, 2.24) is 35.6 Å². The van der Waals surface area contributed by atoms with E-state index >= 15 is 0 Å². The quantitative estimate of drug-likeness (QED) is 0.520. The summed E-state index contributed by atoms with van der Waals surface area (Å²) in [7, 11) is 0. The molecule has 2 N–H and O–H groups in total. The van der Waals surface area contributed by atoms with Gasteiger partial charge in [-0.1, -0.05) is 12.1 Å². The number of rotatable bonds is 1. The van der Waals surface area contributed by atoms with Gasteiger partial charge >= 0.3 is 0 Å². The molecule has 0 saturated heterocycles. The number of imidazole rings is 1. The maximum atomic E-state index is 4.48. The Bertz CT molecular complexity index is 811. The van der Waals surface area contributed by atoms with Gasteiger partial charge in [-0.3, -0.25) is 5.10 Å². The summed E-state index contributed by atoms with van der Waals surface area (Å²) in [6, 6.07) is 7.80. The van der Waals surface area contributed by atoms with Crippen molar-refractivity contribution in [3.8, 4) is 11.5 Å². The second kappa shape index (κ2) is 3.33. The van der Waals surface area contributed by atoms with Crippen molar-refractivity contribution in [3.05, 3.63) is 30.5 Å². The molecule has 4 rings (SSSR count). The molecule has 0 aliphatic carbocycles. The number of fused-ring (bicyclic) bond motifs is 2. The van der Waals surface area contributed by atoms with Crippen LogP contribution in [0.25, 0.3) is 33.6 Å². The molecule has 0 bridgehead atoms. The topological polar surface area (TPSA) is 96.0 Å². The van der Waals surface area contributed by atoms with Gasteiger partial charge in [0.15, 0.2) is 11.5 Å². The second-order valence-electron chi connectivity index (χ2n) is 3.87. The van der Waals surface area contributed by atoms with Gasteiger partial charge in [-0.05, 0) is 17.3 Å². The van der Waals surface area contributed by atoms with Crippen molar-refractivity contribution in [2.75, 3.05) is 0 Å². The number of nitrogens with zero attached hydrogens (tertiary/aromatic N) is 5. The van der Waals surface area contributed by atoms with Crippen LogP contribution in [0.15, 0.2) is 30.5 Å². The third-order valence-corrected chi connectivity index (χ3v) is 2.77. The first-order valence-electron chi connectivity index (χ1n) is 5.39. The lowest BCUT2D eigenvalue weighted by Crippen LogP contribution is -1.93. The third kappa shape index (κ3) is 1.21. The number of benzene rings is 1. The highest BCUT2D eigenvalue weighted by atomic mass is 15.3. The largest absolute Gasteiger partial charge is 0.337 e. The van der Waals surface area contributed by atoms with Crippen LogP contribution in [0.3, 0.4) is 0 Å². The van der Waals surface area contributed by atoms with Crippen LogP contribution in [-0.4, -0.2) is 35.6 Å². The molecule has 0 radical (unpaired) electrons. The van der Waals surface area contributed by atoms with Crippen LogP contribution in [0, 0.1) is 0 Å². The summed E-state index contributed by atoms with van der Waals surface area (Å²) in [6.07, 6.45) is 1.61. The number of H-pyrrole nitrogens is 2. The van der Waals surface area contributed by atoms with Crippen molar-refractivity contribution in [2.45, 2.75) is 0 Å². The lowest BCUT2D eigenvalue weighted by molar-refractivity contribution is 0.895. The molecule has 3 aromatic heterocycles. The molecule has 4 aromatic rings. The van der Waals surface area contributed by atoms with Crippen LogP contribution >= 0.6 is 0 Å². The van der Waals surface area contributed by atoms with E-state index in [-0.39, 0.29) is 0 Å². The van der Waals surface area contributed by atoms with Crippen LogP contribution < -0.4 is 0 Å². The first kappa shape index (κ1) is 9.23. The molecule has 0 aliphatic rings. The van der Waals surface area contributed by atoms with Crippen LogP contribution in [0.1, 0.15) is 0 Å². The zero-order chi connectivity index (χ0) is 11.9. The Morgan fingerprint density at radius 2 is 1.94 bits per heavy atom. The monoisotopic (exact) mass is 237 g/mol. The molecule has 7 nitrogen and oxygen atoms in total. The van der Waals surface area contributed by atoms with E-state index in [1.807, 2.05) is 24.3 Å². The van der Waals surface area contributed by atoms with Crippen molar-refractivity contribution < 1.29 is 0 Å². The predicted molar refractivity (Wildman–Crippen MR) is 64.6 cm³/mol. The van der Waals surface area contributed by atoms with Crippen LogP contribution in [0.4, 0.5) is 0 Å². The zero-order valence-corrected chi connectivity index (χ0v) is 9.12. The Labute approximate surface area is 100 Å². The van der Waals surface area contributed by atoms with E-state index in [0.29, 0.717) is 17.0 Å². The molecular formula is C11H7N7. The molecule has 0 atom stereocenters. The van der Waals surface area contributed by atoms with E-state index in [2.05, 4.69) is 35.6 Å². The minimum atomic E-state index is 0.619. The maximum absolute atomic E-state index is 4.48. The van der Waals surface area contributed by atoms with Gasteiger partial charge < -0.3 is 4.98 Å². The number of para-hydroxylation sites is 2. The normalized spacial score (nSPS) is 11.3. The zero-order valence-electron chi connectivity index (χ0n) is 9.12. The van der Waals surface area contributed by atoms with Gasteiger partial charge in [0.2, 0.25) is 0 Å². The van der Waals surface area contributed by atoms with E-state index < -0.39 is 0 Å². The first-order valence-corrected chi connectivity index (χ1v) is 5.39. The van der Waals surface area contributed by atoms with Crippen molar-refractivity contribution >= 4 is 22.1 Å². The van der Waals surface area contributed by atoms with Gasteiger partial charge in [0, 0.05) is 0 Å².